The van der Waals surface area contributed by atoms with Gasteiger partial charge < -0.3 is 5.32 Å². The van der Waals surface area contributed by atoms with E-state index in [1.165, 1.54) is 6.20 Å². The van der Waals surface area contributed by atoms with E-state index in [-0.39, 0.29) is 0 Å². The zero-order chi connectivity index (χ0) is 13.9. The lowest BCUT2D eigenvalue weighted by Crippen LogP contribution is -2.09. The summed E-state index contributed by atoms with van der Waals surface area (Å²) in [5.74, 6) is 0.612. The zero-order valence-corrected chi connectivity index (χ0v) is 11.7. The summed E-state index contributed by atoms with van der Waals surface area (Å²) in [6.45, 7) is 0. The van der Waals surface area contributed by atoms with Crippen LogP contribution in [0.5, 0.6) is 0 Å². The number of pyridine rings is 1. The fourth-order valence-electron chi connectivity index (χ4n) is 1.42. The van der Waals surface area contributed by atoms with Crippen molar-refractivity contribution in [1.29, 1.82) is 0 Å². The monoisotopic (exact) mass is 297 g/mol. The van der Waals surface area contributed by atoms with Gasteiger partial charge in [-0.25, -0.2) is 13.4 Å². The Kier molecular flexibility index (Phi) is 3.92. The van der Waals surface area contributed by atoms with Crippen molar-refractivity contribution in [3.8, 4) is 0 Å². The fourth-order valence-corrected chi connectivity index (χ4v) is 2.10. The van der Waals surface area contributed by atoms with Gasteiger partial charge in [-0.05, 0) is 36.4 Å². The van der Waals surface area contributed by atoms with Crippen molar-refractivity contribution >= 4 is 38.8 Å². The summed E-state index contributed by atoms with van der Waals surface area (Å²) in [7, 11) is -3.28. The number of anilines is 3. The molecule has 0 atom stereocenters. The summed E-state index contributed by atoms with van der Waals surface area (Å²) in [5.41, 5.74) is 1.27. The fraction of sp³-hybridized carbons (Fsp3) is 0.0833. The molecule has 0 bridgehead atoms. The maximum atomic E-state index is 11.0. The lowest BCUT2D eigenvalue weighted by atomic mass is 10.3. The first kappa shape index (κ1) is 13.6. The van der Waals surface area contributed by atoms with E-state index in [2.05, 4.69) is 15.0 Å². The summed E-state index contributed by atoms with van der Waals surface area (Å²) >= 11 is 5.79. The van der Waals surface area contributed by atoms with Crippen molar-refractivity contribution < 1.29 is 8.42 Å². The van der Waals surface area contributed by atoms with E-state index >= 15 is 0 Å². The Hall–Kier alpha value is -1.79. The van der Waals surface area contributed by atoms with E-state index < -0.39 is 10.0 Å². The molecule has 0 spiro atoms. The Morgan fingerprint density at radius 1 is 1.05 bits per heavy atom. The quantitative estimate of drug-likeness (QED) is 0.910. The number of nitrogens with one attached hydrogen (secondary N) is 2. The van der Waals surface area contributed by atoms with Crippen LogP contribution >= 0.6 is 11.6 Å². The minimum absolute atomic E-state index is 0.421. The second-order valence-corrected chi connectivity index (χ2v) is 6.12. The third-order valence-electron chi connectivity index (χ3n) is 2.18. The third kappa shape index (κ3) is 4.42. The van der Waals surface area contributed by atoms with Gasteiger partial charge in [-0.2, -0.15) is 0 Å². The SMILES string of the molecule is CS(=O)(=O)Nc1ccc(Nc2ccc(Cl)cc2)nc1. The number of halogens is 1. The molecule has 2 N–H and O–H groups in total. The minimum Gasteiger partial charge on any atom is -0.340 e. The molecular formula is C12H12ClN3O2S. The number of rotatable bonds is 4. The molecule has 5 nitrogen and oxygen atoms in total. The smallest absolute Gasteiger partial charge is 0.229 e. The van der Waals surface area contributed by atoms with Crippen molar-refractivity contribution in [2.45, 2.75) is 0 Å². The number of hydrogen-bond acceptors (Lipinski definition) is 4. The Morgan fingerprint density at radius 2 is 1.68 bits per heavy atom. The maximum Gasteiger partial charge on any atom is 0.229 e. The van der Waals surface area contributed by atoms with Gasteiger partial charge in [0, 0.05) is 10.7 Å². The highest BCUT2D eigenvalue weighted by Crippen LogP contribution is 2.18. The number of sulfonamides is 1. The Balaban J connectivity index is 2.08. The van der Waals surface area contributed by atoms with Crippen LogP contribution in [0.15, 0.2) is 42.6 Å². The molecule has 1 heterocycles. The van der Waals surface area contributed by atoms with Gasteiger partial charge in [0.1, 0.15) is 5.82 Å². The lowest BCUT2D eigenvalue weighted by Gasteiger charge is -2.07. The van der Waals surface area contributed by atoms with Gasteiger partial charge in [0.2, 0.25) is 10.0 Å². The van der Waals surface area contributed by atoms with Crippen molar-refractivity contribution in [2.75, 3.05) is 16.3 Å². The minimum atomic E-state index is -3.28. The molecular weight excluding hydrogens is 286 g/mol. The summed E-state index contributed by atoms with van der Waals surface area (Å²) in [6, 6.07) is 10.5. The molecule has 0 saturated carbocycles. The molecule has 2 rings (SSSR count). The zero-order valence-electron chi connectivity index (χ0n) is 10.1. The molecule has 2 aromatic rings. The number of benzene rings is 1. The van der Waals surface area contributed by atoms with Crippen LogP contribution in [-0.4, -0.2) is 19.7 Å². The number of hydrogen-bond donors (Lipinski definition) is 2. The van der Waals surface area contributed by atoms with Gasteiger partial charge in [-0.1, -0.05) is 11.6 Å². The summed E-state index contributed by atoms with van der Waals surface area (Å²) in [4.78, 5) is 4.11. The number of aromatic nitrogens is 1. The second kappa shape index (κ2) is 5.46. The molecule has 0 amide bonds. The molecule has 1 aromatic heterocycles. The van der Waals surface area contributed by atoms with Crippen LogP contribution in [0.2, 0.25) is 5.02 Å². The van der Waals surface area contributed by atoms with E-state index in [9.17, 15) is 8.42 Å². The molecule has 0 saturated heterocycles. The highest BCUT2D eigenvalue weighted by Gasteiger charge is 2.02. The summed E-state index contributed by atoms with van der Waals surface area (Å²) in [6.07, 6.45) is 2.53. The highest BCUT2D eigenvalue weighted by molar-refractivity contribution is 7.92. The van der Waals surface area contributed by atoms with Gasteiger partial charge in [0.15, 0.2) is 0 Å². The largest absolute Gasteiger partial charge is 0.340 e. The summed E-state index contributed by atoms with van der Waals surface area (Å²) in [5, 5.41) is 3.73. The van der Waals surface area contributed by atoms with Crippen molar-refractivity contribution in [1.82, 2.24) is 4.98 Å². The van der Waals surface area contributed by atoms with E-state index in [1.54, 1.807) is 24.3 Å². The first-order valence-electron chi connectivity index (χ1n) is 5.39. The Labute approximate surface area is 116 Å². The van der Waals surface area contributed by atoms with E-state index in [4.69, 9.17) is 11.6 Å². The van der Waals surface area contributed by atoms with Crippen molar-refractivity contribution in [2.24, 2.45) is 0 Å². The molecule has 19 heavy (non-hydrogen) atoms. The maximum absolute atomic E-state index is 11.0. The van der Waals surface area contributed by atoms with Crippen LogP contribution in [0, 0.1) is 0 Å². The Morgan fingerprint density at radius 3 is 2.21 bits per heavy atom. The third-order valence-corrected chi connectivity index (χ3v) is 3.04. The van der Waals surface area contributed by atoms with Gasteiger partial charge in [0.25, 0.3) is 0 Å². The Bertz CT molecular complexity index is 654. The first-order chi connectivity index (χ1) is 8.92. The van der Waals surface area contributed by atoms with Crippen LogP contribution in [0.25, 0.3) is 0 Å². The van der Waals surface area contributed by atoms with Gasteiger partial charge >= 0.3 is 0 Å². The molecule has 7 heteroatoms. The molecule has 1 aromatic carbocycles. The number of nitrogens with zero attached hydrogens (tertiary/aromatic N) is 1. The molecule has 0 aliphatic carbocycles. The average molecular weight is 298 g/mol. The van der Waals surface area contributed by atoms with E-state index in [1.807, 2.05) is 12.1 Å². The van der Waals surface area contributed by atoms with Gasteiger partial charge in [0.05, 0.1) is 18.1 Å². The van der Waals surface area contributed by atoms with E-state index in [0.29, 0.717) is 16.5 Å². The van der Waals surface area contributed by atoms with Crippen LogP contribution in [0.4, 0.5) is 17.2 Å². The molecule has 0 unspecified atom stereocenters. The standard InChI is InChI=1S/C12H12ClN3O2S/c1-19(17,18)16-11-6-7-12(14-8-11)15-10-4-2-9(13)3-5-10/h2-8,16H,1H3,(H,14,15). The van der Waals surface area contributed by atoms with Crippen LogP contribution in [0.3, 0.4) is 0 Å². The summed E-state index contributed by atoms with van der Waals surface area (Å²) < 4.78 is 24.4. The van der Waals surface area contributed by atoms with E-state index in [0.717, 1.165) is 11.9 Å². The first-order valence-corrected chi connectivity index (χ1v) is 7.66. The van der Waals surface area contributed by atoms with Crippen molar-refractivity contribution in [3.05, 3.63) is 47.6 Å². The molecule has 100 valence electrons. The van der Waals surface area contributed by atoms with Crippen LogP contribution in [-0.2, 0) is 10.0 Å². The van der Waals surface area contributed by atoms with Crippen molar-refractivity contribution in [3.63, 3.8) is 0 Å². The second-order valence-electron chi connectivity index (χ2n) is 3.94. The predicted molar refractivity (Wildman–Crippen MR) is 77.4 cm³/mol. The van der Waals surface area contributed by atoms with Crippen LogP contribution < -0.4 is 10.0 Å². The van der Waals surface area contributed by atoms with Gasteiger partial charge in [-0.15, -0.1) is 0 Å². The predicted octanol–water partition coefficient (Wildman–Crippen LogP) is 2.85. The molecule has 0 aliphatic rings. The molecule has 0 aliphatic heterocycles. The normalized spacial score (nSPS) is 11.1. The average Bonchev–Trinajstić information content (AvgIpc) is 2.33. The lowest BCUT2D eigenvalue weighted by molar-refractivity contribution is 0.607. The molecule has 0 radical (unpaired) electrons. The van der Waals surface area contributed by atoms with Crippen LogP contribution in [0.1, 0.15) is 0 Å². The highest BCUT2D eigenvalue weighted by atomic mass is 35.5. The topological polar surface area (TPSA) is 71.1 Å². The van der Waals surface area contributed by atoms with Gasteiger partial charge in [-0.3, -0.25) is 4.72 Å². The molecule has 0 fully saturated rings.